The molecule has 0 saturated carbocycles. The number of esters is 1. The van der Waals surface area contributed by atoms with Crippen LogP contribution in [0.5, 0.6) is 0 Å². The fourth-order valence-corrected chi connectivity index (χ4v) is 2.52. The van der Waals surface area contributed by atoms with Crippen molar-refractivity contribution in [2.75, 3.05) is 40.5 Å². The summed E-state index contributed by atoms with van der Waals surface area (Å²) in [5.41, 5.74) is -1.00. The van der Waals surface area contributed by atoms with Gasteiger partial charge in [0.1, 0.15) is 0 Å². The van der Waals surface area contributed by atoms with Crippen LogP contribution in [-0.2, 0) is 19.1 Å². The van der Waals surface area contributed by atoms with Crippen LogP contribution in [0.25, 0.3) is 0 Å². The minimum Gasteiger partial charge on any atom is -0.468 e. The fraction of sp³-hybridized carbons (Fsp3) is 0.833. The van der Waals surface area contributed by atoms with Gasteiger partial charge in [-0.15, -0.1) is 0 Å². The highest BCUT2D eigenvalue weighted by Crippen LogP contribution is 2.35. The predicted octanol–water partition coefficient (Wildman–Crippen LogP) is 0.0869. The van der Waals surface area contributed by atoms with Gasteiger partial charge in [-0.2, -0.15) is 0 Å². The molecule has 0 amide bonds. The molecule has 5 heteroatoms. The van der Waals surface area contributed by atoms with Gasteiger partial charge in [-0.1, -0.05) is 0 Å². The fourth-order valence-electron chi connectivity index (χ4n) is 2.52. The summed E-state index contributed by atoms with van der Waals surface area (Å²) >= 11 is 0. The molecule has 5 nitrogen and oxygen atoms in total. The van der Waals surface area contributed by atoms with Gasteiger partial charge in [0.05, 0.1) is 20.3 Å². The zero-order valence-electron chi connectivity index (χ0n) is 10.4. The van der Waals surface area contributed by atoms with Crippen molar-refractivity contribution >= 4 is 11.8 Å². The van der Waals surface area contributed by atoms with Crippen LogP contribution in [0.2, 0.25) is 0 Å². The number of ketones is 1. The molecule has 96 valence electrons. The normalized spacial score (nSPS) is 25.1. The molecule has 0 aromatic carbocycles. The van der Waals surface area contributed by atoms with E-state index in [1.165, 1.54) is 7.11 Å². The topological polar surface area (TPSA) is 55.8 Å². The molecule has 0 N–H and O–H groups in total. The summed E-state index contributed by atoms with van der Waals surface area (Å²) in [4.78, 5) is 26.3. The Morgan fingerprint density at radius 3 is 2.29 bits per heavy atom. The van der Waals surface area contributed by atoms with E-state index < -0.39 is 11.4 Å². The Hall–Kier alpha value is -0.940. The van der Waals surface area contributed by atoms with E-state index in [1.54, 1.807) is 0 Å². The number of rotatable bonds is 3. The zero-order chi connectivity index (χ0) is 12.5. The largest absolute Gasteiger partial charge is 0.468 e. The second-order valence-corrected chi connectivity index (χ2v) is 5.01. The zero-order valence-corrected chi connectivity index (χ0v) is 10.4. The van der Waals surface area contributed by atoms with E-state index in [9.17, 15) is 9.59 Å². The number of carbonyl (C=O) groups is 2. The number of likely N-dealkylation sites (tertiary alicyclic amines) is 1. The highest BCUT2D eigenvalue weighted by Gasteiger charge is 2.55. The molecule has 2 rings (SSSR count). The van der Waals surface area contributed by atoms with Crippen LogP contribution >= 0.6 is 0 Å². The van der Waals surface area contributed by atoms with Crippen molar-refractivity contribution in [3.8, 4) is 0 Å². The molecule has 17 heavy (non-hydrogen) atoms. The van der Waals surface area contributed by atoms with Gasteiger partial charge < -0.3 is 14.4 Å². The molecule has 2 aliphatic heterocycles. The summed E-state index contributed by atoms with van der Waals surface area (Å²) in [5.74, 6) is -0.439. The number of hydrogen-bond acceptors (Lipinski definition) is 5. The number of Topliss-reactive ketones (excluding diaryl/α,β-unsaturated/α-hetero) is 1. The Morgan fingerprint density at radius 2 is 1.88 bits per heavy atom. The molecule has 0 radical (unpaired) electrons. The Bertz CT molecular complexity index is 316. The second-order valence-electron chi connectivity index (χ2n) is 5.01. The van der Waals surface area contributed by atoms with E-state index in [4.69, 9.17) is 9.47 Å². The van der Waals surface area contributed by atoms with Gasteiger partial charge >= 0.3 is 5.97 Å². The van der Waals surface area contributed by atoms with Gasteiger partial charge in [0.2, 0.25) is 0 Å². The van der Waals surface area contributed by atoms with E-state index >= 15 is 0 Å². The standard InChI is InChI=1S/C12H19NO4/c1-13-5-3-9(4-6-13)10(14)12(7-17-8-12)11(15)16-2/h9H,3-8H2,1-2H3. The maximum Gasteiger partial charge on any atom is 0.324 e. The number of piperidine rings is 1. The van der Waals surface area contributed by atoms with E-state index in [-0.39, 0.29) is 24.9 Å². The Labute approximate surface area is 101 Å². The predicted molar refractivity (Wildman–Crippen MR) is 60.5 cm³/mol. The number of ether oxygens (including phenoxy) is 2. The number of hydrogen-bond donors (Lipinski definition) is 0. The summed E-state index contributed by atoms with van der Waals surface area (Å²) in [6.07, 6.45) is 1.65. The first-order valence-corrected chi connectivity index (χ1v) is 5.99. The lowest BCUT2D eigenvalue weighted by molar-refractivity contribution is -0.189. The first-order chi connectivity index (χ1) is 8.10. The molecule has 0 atom stereocenters. The highest BCUT2D eigenvalue weighted by atomic mass is 16.5. The Balaban J connectivity index is 2.05. The van der Waals surface area contributed by atoms with Crippen LogP contribution < -0.4 is 0 Å². The number of carbonyl (C=O) groups excluding carboxylic acids is 2. The van der Waals surface area contributed by atoms with Crippen LogP contribution in [0.1, 0.15) is 12.8 Å². The SMILES string of the molecule is COC(=O)C1(C(=O)C2CCN(C)CC2)COC1. The van der Waals surface area contributed by atoms with E-state index in [2.05, 4.69) is 4.90 Å². The Morgan fingerprint density at radius 1 is 1.29 bits per heavy atom. The van der Waals surface area contributed by atoms with Crippen molar-refractivity contribution in [3.05, 3.63) is 0 Å². The monoisotopic (exact) mass is 241 g/mol. The molecule has 2 saturated heterocycles. The van der Waals surface area contributed by atoms with Gasteiger partial charge in [-0.3, -0.25) is 9.59 Å². The number of methoxy groups -OCH3 is 1. The van der Waals surface area contributed by atoms with E-state index in [0.717, 1.165) is 25.9 Å². The van der Waals surface area contributed by atoms with Gasteiger partial charge in [0.25, 0.3) is 0 Å². The number of nitrogens with zero attached hydrogens (tertiary/aromatic N) is 1. The first kappa shape index (κ1) is 12.5. The average Bonchev–Trinajstić information content (AvgIpc) is 2.28. The minimum atomic E-state index is -1.00. The maximum atomic E-state index is 12.4. The van der Waals surface area contributed by atoms with Crippen LogP contribution in [0.15, 0.2) is 0 Å². The second kappa shape index (κ2) is 4.74. The third kappa shape index (κ3) is 2.09. The highest BCUT2D eigenvalue weighted by molar-refractivity contribution is 6.06. The van der Waals surface area contributed by atoms with Crippen molar-refractivity contribution in [1.29, 1.82) is 0 Å². The summed E-state index contributed by atoms with van der Waals surface area (Å²) in [7, 11) is 3.37. The van der Waals surface area contributed by atoms with Crippen LogP contribution in [0, 0.1) is 11.3 Å². The molecule has 0 bridgehead atoms. The van der Waals surface area contributed by atoms with Gasteiger partial charge in [0, 0.05) is 5.92 Å². The molecule has 0 aromatic rings. The quantitative estimate of drug-likeness (QED) is 0.517. The minimum absolute atomic E-state index is 0.0173. The first-order valence-electron chi connectivity index (χ1n) is 5.99. The molecule has 0 aliphatic carbocycles. The molecular formula is C12H19NO4. The lowest BCUT2D eigenvalue weighted by Gasteiger charge is -2.40. The lowest BCUT2D eigenvalue weighted by atomic mass is 9.73. The third-order valence-corrected chi connectivity index (χ3v) is 3.83. The summed E-state index contributed by atoms with van der Waals surface area (Å²) in [6, 6.07) is 0. The van der Waals surface area contributed by atoms with E-state index in [1.807, 2.05) is 7.05 Å². The summed E-state index contributed by atoms with van der Waals surface area (Å²) in [5, 5.41) is 0. The molecule has 0 unspecified atom stereocenters. The van der Waals surface area contributed by atoms with E-state index in [0.29, 0.717) is 0 Å². The van der Waals surface area contributed by atoms with Crippen molar-refractivity contribution < 1.29 is 19.1 Å². The van der Waals surface area contributed by atoms with Gasteiger partial charge in [-0.05, 0) is 33.0 Å². The van der Waals surface area contributed by atoms with Crippen molar-refractivity contribution in [1.82, 2.24) is 4.90 Å². The smallest absolute Gasteiger partial charge is 0.324 e. The lowest BCUT2D eigenvalue weighted by Crippen LogP contribution is -2.58. The van der Waals surface area contributed by atoms with Gasteiger partial charge in [-0.25, -0.2) is 0 Å². The molecule has 2 heterocycles. The maximum absolute atomic E-state index is 12.4. The summed E-state index contributed by atoms with van der Waals surface area (Å²) < 4.78 is 9.80. The van der Waals surface area contributed by atoms with Crippen molar-refractivity contribution in [2.24, 2.45) is 11.3 Å². The molecule has 2 fully saturated rings. The molecular weight excluding hydrogens is 222 g/mol. The molecule has 0 spiro atoms. The average molecular weight is 241 g/mol. The van der Waals surface area contributed by atoms with Crippen LogP contribution in [0.4, 0.5) is 0 Å². The molecule has 2 aliphatic rings. The third-order valence-electron chi connectivity index (χ3n) is 3.83. The molecule has 0 aromatic heterocycles. The van der Waals surface area contributed by atoms with Crippen molar-refractivity contribution in [3.63, 3.8) is 0 Å². The van der Waals surface area contributed by atoms with Crippen LogP contribution in [-0.4, -0.2) is 57.1 Å². The van der Waals surface area contributed by atoms with Crippen molar-refractivity contribution in [2.45, 2.75) is 12.8 Å². The van der Waals surface area contributed by atoms with Gasteiger partial charge in [0.15, 0.2) is 11.2 Å². The van der Waals surface area contributed by atoms with Crippen LogP contribution in [0.3, 0.4) is 0 Å². The Kier molecular flexibility index (Phi) is 3.49. The summed E-state index contributed by atoms with van der Waals surface area (Å²) in [6.45, 7) is 2.19.